The van der Waals surface area contributed by atoms with Crippen LogP contribution in [-0.4, -0.2) is 28.9 Å². The fourth-order valence-electron chi connectivity index (χ4n) is 2.13. The van der Waals surface area contributed by atoms with Crippen molar-refractivity contribution >= 4 is 29.7 Å². The number of thiazole rings is 1. The van der Waals surface area contributed by atoms with E-state index in [2.05, 4.69) is 11.9 Å². The first-order chi connectivity index (χ1) is 8.20. The first kappa shape index (κ1) is 15.4. The summed E-state index contributed by atoms with van der Waals surface area (Å²) in [5.74, 6) is 0.790. The highest BCUT2D eigenvalue weighted by Gasteiger charge is 2.21. The summed E-state index contributed by atoms with van der Waals surface area (Å²) in [5.41, 5.74) is 6.07. The summed E-state index contributed by atoms with van der Waals surface area (Å²) in [5, 5.41) is 2.65. The third-order valence-corrected chi connectivity index (χ3v) is 4.12. The maximum Gasteiger partial charge on any atom is 0.273 e. The second-order valence-electron chi connectivity index (χ2n) is 4.66. The van der Waals surface area contributed by atoms with Crippen molar-refractivity contribution in [2.24, 2.45) is 11.7 Å². The molecule has 0 bridgehead atoms. The minimum absolute atomic E-state index is 0. The van der Waals surface area contributed by atoms with Gasteiger partial charge in [-0.05, 0) is 25.2 Å². The Labute approximate surface area is 118 Å². The standard InChI is InChI=1S/C12H19N3OS.ClH/c1-9-3-2-5-15(6-4-9)12(16)10-8-17-11(7-13)14-10;/h8-9H,2-7,13H2,1H3;1H. The van der Waals surface area contributed by atoms with Gasteiger partial charge in [-0.15, -0.1) is 23.7 Å². The van der Waals surface area contributed by atoms with Crippen molar-refractivity contribution in [3.8, 4) is 0 Å². The molecule has 102 valence electrons. The van der Waals surface area contributed by atoms with Crippen LogP contribution in [0.25, 0.3) is 0 Å². The van der Waals surface area contributed by atoms with Crippen LogP contribution in [0, 0.1) is 5.92 Å². The number of hydrogen-bond acceptors (Lipinski definition) is 4. The molecule has 0 spiro atoms. The fourth-order valence-corrected chi connectivity index (χ4v) is 2.78. The van der Waals surface area contributed by atoms with Crippen LogP contribution in [0.4, 0.5) is 0 Å². The van der Waals surface area contributed by atoms with Gasteiger partial charge in [0.2, 0.25) is 0 Å². The van der Waals surface area contributed by atoms with E-state index in [1.807, 2.05) is 10.3 Å². The van der Waals surface area contributed by atoms with Gasteiger partial charge in [0.25, 0.3) is 5.91 Å². The maximum atomic E-state index is 12.2. The SMILES string of the molecule is CC1CCCN(C(=O)c2csc(CN)n2)CC1.Cl. The summed E-state index contributed by atoms with van der Waals surface area (Å²) in [4.78, 5) is 18.4. The lowest BCUT2D eigenvalue weighted by atomic mass is 10.0. The molecule has 4 nitrogen and oxygen atoms in total. The van der Waals surface area contributed by atoms with Gasteiger partial charge in [0.1, 0.15) is 10.7 Å². The quantitative estimate of drug-likeness (QED) is 0.909. The molecule has 0 saturated carbocycles. The third-order valence-electron chi connectivity index (χ3n) is 3.25. The molecule has 1 aliphatic heterocycles. The first-order valence-corrected chi connectivity index (χ1v) is 7.02. The van der Waals surface area contributed by atoms with E-state index in [1.54, 1.807) is 0 Å². The highest BCUT2D eigenvalue weighted by molar-refractivity contribution is 7.09. The minimum Gasteiger partial charge on any atom is -0.337 e. The number of nitrogens with zero attached hydrogens (tertiary/aromatic N) is 2. The van der Waals surface area contributed by atoms with Crippen molar-refractivity contribution in [1.82, 2.24) is 9.88 Å². The molecule has 0 aliphatic carbocycles. The molecule has 0 radical (unpaired) electrons. The van der Waals surface area contributed by atoms with Gasteiger partial charge in [0.05, 0.1) is 0 Å². The smallest absolute Gasteiger partial charge is 0.273 e. The van der Waals surface area contributed by atoms with Crippen LogP contribution in [0.15, 0.2) is 5.38 Å². The summed E-state index contributed by atoms with van der Waals surface area (Å²) in [7, 11) is 0. The Bertz CT molecular complexity index is 396. The molecule has 1 amide bonds. The molecule has 1 aromatic heterocycles. The van der Waals surface area contributed by atoms with Gasteiger partial charge in [-0.25, -0.2) is 4.98 Å². The number of carbonyl (C=O) groups excluding carboxylic acids is 1. The van der Waals surface area contributed by atoms with Gasteiger partial charge in [0, 0.05) is 25.0 Å². The van der Waals surface area contributed by atoms with Crippen molar-refractivity contribution < 1.29 is 4.79 Å². The Balaban J connectivity index is 0.00000162. The van der Waals surface area contributed by atoms with Gasteiger partial charge >= 0.3 is 0 Å². The van der Waals surface area contributed by atoms with Crippen LogP contribution in [0.2, 0.25) is 0 Å². The van der Waals surface area contributed by atoms with E-state index in [0.29, 0.717) is 12.2 Å². The predicted molar refractivity (Wildman–Crippen MR) is 76.2 cm³/mol. The molecule has 1 aromatic rings. The van der Waals surface area contributed by atoms with E-state index in [1.165, 1.54) is 17.8 Å². The molecule has 1 fully saturated rings. The summed E-state index contributed by atoms with van der Waals surface area (Å²) in [6.07, 6.45) is 3.41. The van der Waals surface area contributed by atoms with Gasteiger partial charge in [-0.1, -0.05) is 6.92 Å². The van der Waals surface area contributed by atoms with Crippen LogP contribution in [0.3, 0.4) is 0 Å². The van der Waals surface area contributed by atoms with E-state index in [0.717, 1.165) is 36.9 Å². The maximum absolute atomic E-state index is 12.2. The molecule has 1 aliphatic rings. The molecular formula is C12H20ClN3OS. The lowest BCUT2D eigenvalue weighted by Crippen LogP contribution is -2.32. The van der Waals surface area contributed by atoms with Crippen LogP contribution >= 0.6 is 23.7 Å². The highest BCUT2D eigenvalue weighted by Crippen LogP contribution is 2.19. The van der Waals surface area contributed by atoms with E-state index in [-0.39, 0.29) is 18.3 Å². The molecule has 2 rings (SSSR count). The number of rotatable bonds is 2. The van der Waals surface area contributed by atoms with Crippen LogP contribution in [0.5, 0.6) is 0 Å². The second-order valence-corrected chi connectivity index (χ2v) is 5.60. The normalized spacial score (nSPS) is 20.1. The Kier molecular flexibility index (Phi) is 6.05. The Hall–Kier alpha value is -0.650. The fraction of sp³-hybridized carbons (Fsp3) is 0.667. The largest absolute Gasteiger partial charge is 0.337 e. The lowest BCUT2D eigenvalue weighted by Gasteiger charge is -2.19. The van der Waals surface area contributed by atoms with Gasteiger partial charge in [0.15, 0.2) is 0 Å². The molecule has 1 saturated heterocycles. The van der Waals surface area contributed by atoms with Gasteiger partial charge in [-0.3, -0.25) is 4.79 Å². The topological polar surface area (TPSA) is 59.2 Å². The zero-order chi connectivity index (χ0) is 12.3. The van der Waals surface area contributed by atoms with E-state index >= 15 is 0 Å². The number of carbonyl (C=O) groups is 1. The van der Waals surface area contributed by atoms with Crippen molar-refractivity contribution in [1.29, 1.82) is 0 Å². The van der Waals surface area contributed by atoms with Crippen molar-refractivity contribution in [2.75, 3.05) is 13.1 Å². The van der Waals surface area contributed by atoms with Gasteiger partial charge < -0.3 is 10.6 Å². The Morgan fingerprint density at radius 1 is 1.56 bits per heavy atom. The van der Waals surface area contributed by atoms with Gasteiger partial charge in [-0.2, -0.15) is 0 Å². The van der Waals surface area contributed by atoms with Crippen molar-refractivity contribution in [3.05, 3.63) is 16.1 Å². The third kappa shape index (κ3) is 3.67. The van der Waals surface area contributed by atoms with Crippen LogP contribution < -0.4 is 5.73 Å². The molecular weight excluding hydrogens is 270 g/mol. The Morgan fingerprint density at radius 3 is 3.00 bits per heavy atom. The second kappa shape index (κ2) is 7.07. The summed E-state index contributed by atoms with van der Waals surface area (Å²) in [6, 6.07) is 0. The molecule has 1 unspecified atom stereocenters. The average Bonchev–Trinajstić information content (AvgIpc) is 2.71. The van der Waals surface area contributed by atoms with E-state index < -0.39 is 0 Å². The van der Waals surface area contributed by atoms with E-state index in [4.69, 9.17) is 5.73 Å². The number of likely N-dealkylation sites (tertiary alicyclic amines) is 1. The molecule has 6 heteroatoms. The first-order valence-electron chi connectivity index (χ1n) is 6.14. The molecule has 1 atom stereocenters. The summed E-state index contributed by atoms with van der Waals surface area (Å²) < 4.78 is 0. The molecule has 2 N–H and O–H groups in total. The zero-order valence-corrected chi connectivity index (χ0v) is 12.2. The van der Waals surface area contributed by atoms with Crippen molar-refractivity contribution in [3.63, 3.8) is 0 Å². The lowest BCUT2D eigenvalue weighted by molar-refractivity contribution is 0.0755. The molecule has 2 heterocycles. The zero-order valence-electron chi connectivity index (χ0n) is 10.6. The van der Waals surface area contributed by atoms with Crippen LogP contribution in [0.1, 0.15) is 41.7 Å². The summed E-state index contributed by atoms with van der Waals surface area (Å²) >= 11 is 1.46. The molecule has 0 aromatic carbocycles. The monoisotopic (exact) mass is 289 g/mol. The van der Waals surface area contributed by atoms with E-state index in [9.17, 15) is 4.79 Å². The molecule has 18 heavy (non-hydrogen) atoms. The Morgan fingerprint density at radius 2 is 2.33 bits per heavy atom. The number of aromatic nitrogens is 1. The average molecular weight is 290 g/mol. The predicted octanol–water partition coefficient (Wildman–Crippen LogP) is 2.29. The number of amides is 1. The van der Waals surface area contributed by atoms with Crippen molar-refractivity contribution in [2.45, 2.75) is 32.7 Å². The minimum atomic E-state index is 0. The number of nitrogens with two attached hydrogens (primary N) is 1. The highest BCUT2D eigenvalue weighted by atomic mass is 35.5. The number of halogens is 1. The number of hydrogen-bond donors (Lipinski definition) is 1. The summed E-state index contributed by atoms with van der Waals surface area (Å²) in [6.45, 7) is 4.38. The van der Waals surface area contributed by atoms with Crippen LogP contribution in [-0.2, 0) is 6.54 Å².